The third-order valence-electron chi connectivity index (χ3n) is 6.78. The van der Waals surface area contributed by atoms with Crippen LogP contribution in [0.15, 0.2) is 52.4 Å². The molecule has 0 saturated carbocycles. The molecule has 0 aliphatic carbocycles. The zero-order valence-corrected chi connectivity index (χ0v) is 21.2. The van der Waals surface area contributed by atoms with Crippen molar-refractivity contribution < 1.29 is 9.53 Å². The molecular weight excluding hydrogens is 462 g/mol. The van der Waals surface area contributed by atoms with E-state index < -0.39 is 0 Å². The van der Waals surface area contributed by atoms with Crippen molar-refractivity contribution >= 4 is 34.3 Å². The standard InChI is InChI=1S/C26H29N5O3S/c1-16-12-13-22(34-4)21(14-16)30-24(33)19-10-5-6-11-20(19)31-25(30)27-28-26(31)35-15-23(32)29-17(2)8-7-9-18(29)3/h5-6,10-14,17-18H,7-9,15H2,1-4H3. The molecule has 182 valence electrons. The quantitative estimate of drug-likeness (QED) is 0.389. The maximum absolute atomic E-state index is 13.6. The van der Waals surface area contributed by atoms with Crippen molar-refractivity contribution in [3.63, 3.8) is 0 Å². The highest BCUT2D eigenvalue weighted by molar-refractivity contribution is 7.99. The number of hydrogen-bond acceptors (Lipinski definition) is 6. The van der Waals surface area contributed by atoms with Gasteiger partial charge in [-0.3, -0.25) is 14.0 Å². The molecule has 4 aromatic rings. The molecule has 2 aromatic carbocycles. The van der Waals surface area contributed by atoms with Gasteiger partial charge in [0, 0.05) is 12.1 Å². The molecule has 1 aliphatic rings. The summed E-state index contributed by atoms with van der Waals surface area (Å²) >= 11 is 1.35. The summed E-state index contributed by atoms with van der Waals surface area (Å²) in [5, 5.41) is 9.92. The monoisotopic (exact) mass is 491 g/mol. The summed E-state index contributed by atoms with van der Waals surface area (Å²) in [7, 11) is 1.58. The van der Waals surface area contributed by atoms with Gasteiger partial charge in [0.1, 0.15) is 5.75 Å². The molecule has 0 N–H and O–H groups in total. The zero-order valence-electron chi connectivity index (χ0n) is 20.4. The van der Waals surface area contributed by atoms with Crippen LogP contribution < -0.4 is 10.3 Å². The van der Waals surface area contributed by atoms with Gasteiger partial charge < -0.3 is 9.64 Å². The number of ether oxygens (including phenoxy) is 1. The second-order valence-corrected chi connectivity index (χ2v) is 10.1. The van der Waals surface area contributed by atoms with Crippen molar-refractivity contribution in [2.24, 2.45) is 0 Å². The molecule has 35 heavy (non-hydrogen) atoms. The number of carbonyl (C=O) groups excluding carboxylic acids is 1. The number of piperidine rings is 1. The number of carbonyl (C=O) groups is 1. The molecule has 2 atom stereocenters. The van der Waals surface area contributed by atoms with Crippen LogP contribution in [0.4, 0.5) is 0 Å². The van der Waals surface area contributed by atoms with Crippen LogP contribution >= 0.6 is 11.8 Å². The van der Waals surface area contributed by atoms with Crippen LogP contribution in [-0.4, -0.2) is 54.9 Å². The molecule has 1 saturated heterocycles. The molecule has 1 aliphatic heterocycles. The van der Waals surface area contributed by atoms with Gasteiger partial charge in [-0.15, -0.1) is 10.2 Å². The number of methoxy groups -OCH3 is 1. The van der Waals surface area contributed by atoms with Gasteiger partial charge in [-0.1, -0.05) is 30.0 Å². The average molecular weight is 492 g/mol. The average Bonchev–Trinajstić information content (AvgIpc) is 3.27. The number of fused-ring (bicyclic) bond motifs is 3. The lowest BCUT2D eigenvalue weighted by Gasteiger charge is -2.39. The number of hydrogen-bond donors (Lipinski definition) is 0. The van der Waals surface area contributed by atoms with Gasteiger partial charge in [-0.2, -0.15) is 0 Å². The van der Waals surface area contributed by atoms with E-state index in [1.54, 1.807) is 17.7 Å². The van der Waals surface area contributed by atoms with Crippen LogP contribution in [0.3, 0.4) is 0 Å². The number of amides is 1. The fraction of sp³-hybridized carbons (Fsp3) is 0.385. The first-order valence-corrected chi connectivity index (χ1v) is 12.9. The SMILES string of the molecule is COc1ccc(C)cc1-n1c(=O)c2ccccc2n2c(SCC(=O)N3C(C)CCCC3C)nnc12. The summed E-state index contributed by atoms with van der Waals surface area (Å²) in [5.41, 5.74) is 2.09. The molecule has 0 radical (unpaired) electrons. The van der Waals surface area contributed by atoms with E-state index in [-0.39, 0.29) is 29.3 Å². The minimum atomic E-state index is -0.201. The van der Waals surface area contributed by atoms with Crippen molar-refractivity contribution in [1.82, 2.24) is 24.1 Å². The van der Waals surface area contributed by atoms with Crippen molar-refractivity contribution in [1.29, 1.82) is 0 Å². The number of benzene rings is 2. The molecule has 0 spiro atoms. The number of aromatic nitrogens is 4. The van der Waals surface area contributed by atoms with E-state index in [1.807, 2.05) is 52.6 Å². The summed E-state index contributed by atoms with van der Waals surface area (Å²) < 4.78 is 8.98. The first-order chi connectivity index (χ1) is 16.9. The van der Waals surface area contributed by atoms with Crippen LogP contribution in [0.25, 0.3) is 22.4 Å². The Bertz CT molecular complexity index is 1470. The molecule has 1 amide bonds. The lowest BCUT2D eigenvalue weighted by molar-refractivity contribution is -0.134. The Morgan fingerprint density at radius 1 is 1.11 bits per heavy atom. The van der Waals surface area contributed by atoms with Crippen molar-refractivity contribution in [2.45, 2.75) is 57.3 Å². The highest BCUT2D eigenvalue weighted by Gasteiger charge is 2.29. The van der Waals surface area contributed by atoms with Crippen LogP contribution in [0, 0.1) is 6.92 Å². The van der Waals surface area contributed by atoms with Crippen LogP contribution in [0.2, 0.25) is 0 Å². The van der Waals surface area contributed by atoms with E-state index in [0.29, 0.717) is 33.3 Å². The molecular formula is C26H29N5O3S. The fourth-order valence-corrected chi connectivity index (χ4v) is 5.89. The van der Waals surface area contributed by atoms with Gasteiger partial charge in [0.25, 0.3) is 5.56 Å². The van der Waals surface area contributed by atoms with Gasteiger partial charge in [-0.05, 0) is 69.9 Å². The lowest BCUT2D eigenvalue weighted by atomic mass is 9.98. The second-order valence-electron chi connectivity index (χ2n) is 9.17. The maximum atomic E-state index is 13.6. The van der Waals surface area contributed by atoms with E-state index in [9.17, 15) is 9.59 Å². The van der Waals surface area contributed by atoms with Crippen molar-refractivity contribution in [2.75, 3.05) is 12.9 Å². The molecule has 5 rings (SSSR count). The zero-order chi connectivity index (χ0) is 24.7. The van der Waals surface area contributed by atoms with Crippen LogP contribution in [0.1, 0.15) is 38.7 Å². The summed E-state index contributed by atoms with van der Waals surface area (Å²) in [6.45, 7) is 6.20. The Labute approximate surface area is 207 Å². The third kappa shape index (κ3) is 4.07. The van der Waals surface area contributed by atoms with E-state index >= 15 is 0 Å². The minimum Gasteiger partial charge on any atom is -0.495 e. The predicted molar refractivity (Wildman–Crippen MR) is 138 cm³/mol. The molecule has 9 heteroatoms. The fourth-order valence-electron chi connectivity index (χ4n) is 5.08. The first-order valence-electron chi connectivity index (χ1n) is 11.9. The molecule has 8 nitrogen and oxygen atoms in total. The summed E-state index contributed by atoms with van der Waals surface area (Å²) in [5.74, 6) is 1.31. The Balaban J connectivity index is 1.62. The summed E-state index contributed by atoms with van der Waals surface area (Å²) in [6, 6.07) is 13.6. The highest BCUT2D eigenvalue weighted by atomic mass is 32.2. The second kappa shape index (κ2) is 9.37. The van der Waals surface area contributed by atoms with Gasteiger partial charge in [0.2, 0.25) is 11.7 Å². The Morgan fingerprint density at radius 3 is 2.60 bits per heavy atom. The lowest BCUT2D eigenvalue weighted by Crippen LogP contribution is -2.48. The number of para-hydroxylation sites is 1. The van der Waals surface area contributed by atoms with Gasteiger partial charge >= 0.3 is 0 Å². The number of thioether (sulfide) groups is 1. The van der Waals surface area contributed by atoms with E-state index in [0.717, 1.165) is 24.8 Å². The number of rotatable bonds is 5. The Morgan fingerprint density at radius 2 is 1.86 bits per heavy atom. The van der Waals surface area contributed by atoms with Gasteiger partial charge in [-0.25, -0.2) is 4.57 Å². The van der Waals surface area contributed by atoms with E-state index in [2.05, 4.69) is 24.0 Å². The normalized spacial score (nSPS) is 18.3. The molecule has 2 unspecified atom stereocenters. The number of nitrogens with zero attached hydrogens (tertiary/aromatic N) is 5. The smallest absolute Gasteiger partial charge is 0.267 e. The third-order valence-corrected chi connectivity index (χ3v) is 7.69. The van der Waals surface area contributed by atoms with Crippen molar-refractivity contribution in [3.8, 4) is 11.4 Å². The van der Waals surface area contributed by atoms with Crippen molar-refractivity contribution in [3.05, 3.63) is 58.4 Å². The largest absolute Gasteiger partial charge is 0.495 e. The maximum Gasteiger partial charge on any atom is 0.267 e. The number of aryl methyl sites for hydroxylation is 1. The minimum absolute atomic E-state index is 0.101. The highest BCUT2D eigenvalue weighted by Crippen LogP contribution is 2.29. The van der Waals surface area contributed by atoms with E-state index in [4.69, 9.17) is 4.74 Å². The predicted octanol–water partition coefficient (Wildman–Crippen LogP) is 4.23. The summed E-state index contributed by atoms with van der Waals surface area (Å²) in [4.78, 5) is 28.8. The number of likely N-dealkylation sites (tertiary alicyclic amines) is 1. The van der Waals surface area contributed by atoms with Crippen LogP contribution in [-0.2, 0) is 4.79 Å². The molecule has 2 aromatic heterocycles. The Hall–Kier alpha value is -3.33. The van der Waals surface area contributed by atoms with Gasteiger partial charge in [0.05, 0.1) is 29.5 Å². The summed E-state index contributed by atoms with van der Waals surface area (Å²) in [6.07, 6.45) is 3.22. The topological polar surface area (TPSA) is 81.7 Å². The van der Waals surface area contributed by atoms with E-state index in [1.165, 1.54) is 11.8 Å². The molecule has 0 bridgehead atoms. The first kappa shape index (κ1) is 23.4. The van der Waals surface area contributed by atoms with Gasteiger partial charge in [0.15, 0.2) is 5.16 Å². The van der Waals surface area contributed by atoms with Crippen LogP contribution in [0.5, 0.6) is 5.75 Å². The Kier molecular flexibility index (Phi) is 6.27. The molecule has 1 fully saturated rings. The molecule has 3 heterocycles.